The number of amides is 1. The molecular weight excluding hydrogens is 395 g/mol. The van der Waals surface area contributed by atoms with Crippen LogP contribution >= 0.6 is 11.3 Å². The molecule has 0 fully saturated rings. The van der Waals surface area contributed by atoms with E-state index in [-0.39, 0.29) is 9.90 Å². The molecule has 1 aromatic heterocycles. The normalized spacial score (nSPS) is 14.2. The Morgan fingerprint density at radius 3 is 2.35 bits per heavy atom. The number of rotatable bonds is 7. The number of sulfone groups is 1. The lowest BCUT2D eigenvalue weighted by Gasteiger charge is -2.21. The Bertz CT molecular complexity index is 872. The van der Waals surface area contributed by atoms with E-state index in [4.69, 9.17) is 0 Å². The molecule has 0 radical (unpaired) electrons. The third kappa shape index (κ3) is 4.77. The molecular formula is C14H14F3N3O4S2. The first-order valence-electron chi connectivity index (χ1n) is 7.10. The van der Waals surface area contributed by atoms with Crippen LogP contribution in [0.5, 0.6) is 0 Å². The number of aliphatic hydroxyl groups is 1. The van der Waals surface area contributed by atoms with Gasteiger partial charge in [0.25, 0.3) is 5.91 Å². The van der Waals surface area contributed by atoms with Gasteiger partial charge >= 0.3 is 6.43 Å². The van der Waals surface area contributed by atoms with Gasteiger partial charge in [-0.15, -0.1) is 10.2 Å². The van der Waals surface area contributed by atoms with E-state index >= 15 is 0 Å². The van der Waals surface area contributed by atoms with Crippen LogP contribution in [-0.4, -0.2) is 55.0 Å². The van der Waals surface area contributed by atoms with Crippen molar-refractivity contribution < 1.29 is 31.5 Å². The van der Waals surface area contributed by atoms with Crippen LogP contribution in [0.4, 0.5) is 13.2 Å². The quantitative estimate of drug-likeness (QED) is 0.715. The van der Waals surface area contributed by atoms with E-state index in [0.717, 1.165) is 17.6 Å². The van der Waals surface area contributed by atoms with Crippen LogP contribution in [-0.2, 0) is 14.6 Å². The number of hydrogen-bond donors (Lipinski definition) is 2. The molecule has 0 aliphatic rings. The van der Waals surface area contributed by atoms with Crippen LogP contribution in [0.15, 0.2) is 28.6 Å². The number of nitrogens with one attached hydrogen (secondary N) is 1. The number of nitrogens with zero attached hydrogens (tertiary/aromatic N) is 2. The summed E-state index contributed by atoms with van der Waals surface area (Å²) in [5, 5.41) is 19.5. The fraction of sp³-hybridized carbons (Fsp3) is 0.357. The van der Waals surface area contributed by atoms with Gasteiger partial charge < -0.3 is 10.4 Å². The van der Waals surface area contributed by atoms with Crippen molar-refractivity contribution in [2.75, 3.05) is 12.9 Å². The Balaban J connectivity index is 2.17. The summed E-state index contributed by atoms with van der Waals surface area (Å²) in [6.07, 6.45) is -3.86. The van der Waals surface area contributed by atoms with Crippen molar-refractivity contribution >= 4 is 27.1 Å². The minimum atomic E-state index is -3.48. The number of alkyl halides is 3. The van der Waals surface area contributed by atoms with Gasteiger partial charge in [-0.25, -0.2) is 12.8 Å². The minimum absolute atomic E-state index is 0.149. The summed E-state index contributed by atoms with van der Waals surface area (Å²) < 4.78 is 60.2. The summed E-state index contributed by atoms with van der Waals surface area (Å²) in [6.45, 7) is -1.24. The maximum absolute atomic E-state index is 13.0. The Kier molecular flexibility index (Phi) is 6.31. The summed E-state index contributed by atoms with van der Waals surface area (Å²) in [7, 11) is -3.48. The zero-order chi connectivity index (χ0) is 19.5. The molecule has 2 rings (SSSR count). The number of benzene rings is 1. The molecule has 0 aliphatic carbocycles. The largest absolute Gasteiger partial charge is 0.386 e. The van der Waals surface area contributed by atoms with Gasteiger partial charge in [0.15, 0.2) is 0 Å². The van der Waals surface area contributed by atoms with Crippen molar-refractivity contribution in [1.82, 2.24) is 15.5 Å². The fourth-order valence-corrected chi connectivity index (χ4v) is 3.59. The highest BCUT2D eigenvalue weighted by Gasteiger charge is 2.26. The number of halogens is 3. The van der Waals surface area contributed by atoms with E-state index in [9.17, 15) is 31.5 Å². The SMILES string of the molecule is CS(=O)(=O)c1nnc(-c2ccc([C@@H](O)[C@@H](CF)NC(=O)C(F)F)cc2)s1. The topological polar surface area (TPSA) is 109 Å². The summed E-state index contributed by atoms with van der Waals surface area (Å²) in [4.78, 5) is 11.0. The minimum Gasteiger partial charge on any atom is -0.386 e. The first-order valence-corrected chi connectivity index (χ1v) is 9.80. The van der Waals surface area contributed by atoms with E-state index in [1.54, 1.807) is 5.32 Å². The average Bonchev–Trinajstić information content (AvgIpc) is 3.09. The second kappa shape index (κ2) is 8.10. The van der Waals surface area contributed by atoms with E-state index < -0.39 is 41.0 Å². The Labute approximate surface area is 150 Å². The van der Waals surface area contributed by atoms with Gasteiger partial charge in [0.1, 0.15) is 17.8 Å². The number of hydrogen-bond acceptors (Lipinski definition) is 7. The number of carbonyl (C=O) groups excluding carboxylic acids is 1. The number of carbonyl (C=O) groups is 1. The van der Waals surface area contributed by atoms with Gasteiger partial charge in [-0.05, 0) is 5.56 Å². The Morgan fingerprint density at radius 1 is 1.27 bits per heavy atom. The second-order valence-corrected chi connectivity index (χ2v) is 8.45. The van der Waals surface area contributed by atoms with Gasteiger partial charge in [0.2, 0.25) is 14.2 Å². The van der Waals surface area contributed by atoms with Crippen LogP contribution < -0.4 is 5.32 Å². The summed E-state index contributed by atoms with van der Waals surface area (Å²) >= 11 is 0.857. The average molecular weight is 409 g/mol. The lowest BCUT2D eigenvalue weighted by Crippen LogP contribution is -2.43. The van der Waals surface area contributed by atoms with Crippen molar-refractivity contribution in [2.24, 2.45) is 0 Å². The number of aliphatic hydroxyl groups excluding tert-OH is 1. The predicted molar refractivity (Wildman–Crippen MR) is 87.3 cm³/mol. The van der Waals surface area contributed by atoms with Crippen molar-refractivity contribution in [3.8, 4) is 10.6 Å². The zero-order valence-electron chi connectivity index (χ0n) is 13.3. The second-order valence-electron chi connectivity index (χ2n) is 5.28. The molecule has 2 aromatic rings. The highest BCUT2D eigenvalue weighted by Crippen LogP contribution is 2.27. The maximum atomic E-state index is 13.0. The number of aromatic nitrogens is 2. The monoisotopic (exact) mass is 409 g/mol. The molecule has 7 nitrogen and oxygen atoms in total. The molecule has 12 heteroatoms. The molecule has 0 unspecified atom stereocenters. The van der Waals surface area contributed by atoms with Crippen LogP contribution in [0.25, 0.3) is 10.6 Å². The summed E-state index contributed by atoms with van der Waals surface area (Å²) in [5.41, 5.74) is 0.681. The highest BCUT2D eigenvalue weighted by atomic mass is 32.2. The molecule has 0 saturated heterocycles. The molecule has 1 aromatic carbocycles. The predicted octanol–water partition coefficient (Wildman–Crippen LogP) is 1.36. The van der Waals surface area contributed by atoms with Gasteiger partial charge in [-0.3, -0.25) is 4.79 Å². The zero-order valence-corrected chi connectivity index (χ0v) is 14.9. The molecule has 0 saturated carbocycles. The van der Waals surface area contributed by atoms with Gasteiger partial charge in [-0.1, -0.05) is 35.6 Å². The fourth-order valence-electron chi connectivity index (χ4n) is 1.98. The van der Waals surface area contributed by atoms with Crippen molar-refractivity contribution in [1.29, 1.82) is 0 Å². The maximum Gasteiger partial charge on any atom is 0.315 e. The molecule has 0 aliphatic heterocycles. The third-order valence-electron chi connectivity index (χ3n) is 3.30. The third-order valence-corrected chi connectivity index (χ3v) is 5.94. The molecule has 1 heterocycles. The van der Waals surface area contributed by atoms with Crippen LogP contribution in [0.1, 0.15) is 11.7 Å². The standard InChI is InChI=1S/C14H14F3N3O4S2/c1-26(23,24)14-20-19-13(25-14)8-4-2-7(3-5-8)10(21)9(6-15)18-12(22)11(16)17/h2-5,9-11,21H,6H2,1H3,(H,18,22)/t9-,10-/m1/s1. The van der Waals surface area contributed by atoms with E-state index in [2.05, 4.69) is 10.2 Å². The van der Waals surface area contributed by atoms with E-state index in [1.807, 2.05) is 0 Å². The molecule has 2 N–H and O–H groups in total. The summed E-state index contributed by atoms with van der Waals surface area (Å²) in [5.74, 6) is -1.68. The molecule has 142 valence electrons. The van der Waals surface area contributed by atoms with Crippen LogP contribution in [0.2, 0.25) is 0 Å². The van der Waals surface area contributed by atoms with Gasteiger partial charge in [0.05, 0.1) is 6.04 Å². The molecule has 2 atom stereocenters. The molecule has 0 spiro atoms. The lowest BCUT2D eigenvalue weighted by molar-refractivity contribution is -0.133. The van der Waals surface area contributed by atoms with E-state index in [0.29, 0.717) is 10.6 Å². The molecule has 0 bridgehead atoms. The van der Waals surface area contributed by atoms with Gasteiger partial charge in [0, 0.05) is 11.8 Å². The first kappa shape index (κ1) is 20.3. The van der Waals surface area contributed by atoms with Crippen molar-refractivity contribution in [3.63, 3.8) is 0 Å². The first-order chi connectivity index (χ1) is 12.1. The Morgan fingerprint density at radius 2 is 1.88 bits per heavy atom. The van der Waals surface area contributed by atoms with Crippen molar-refractivity contribution in [3.05, 3.63) is 29.8 Å². The van der Waals surface area contributed by atoms with Crippen LogP contribution in [0.3, 0.4) is 0 Å². The van der Waals surface area contributed by atoms with E-state index in [1.165, 1.54) is 24.3 Å². The molecule has 26 heavy (non-hydrogen) atoms. The molecule has 1 amide bonds. The van der Waals surface area contributed by atoms with Gasteiger partial charge in [-0.2, -0.15) is 8.78 Å². The smallest absolute Gasteiger partial charge is 0.315 e. The highest BCUT2D eigenvalue weighted by molar-refractivity contribution is 7.92. The van der Waals surface area contributed by atoms with Crippen molar-refractivity contribution in [2.45, 2.75) is 22.9 Å². The lowest BCUT2D eigenvalue weighted by atomic mass is 10.0. The van der Waals surface area contributed by atoms with Crippen LogP contribution in [0, 0.1) is 0 Å². The Hall–Kier alpha value is -2.05. The summed E-state index contributed by atoms with van der Waals surface area (Å²) in [6, 6.07) is 4.21.